The van der Waals surface area contributed by atoms with Crippen LogP contribution in [0.15, 0.2) is 104 Å². The van der Waals surface area contributed by atoms with Crippen LogP contribution in [0.1, 0.15) is 30.5 Å². The molecule has 1 amide bonds. The van der Waals surface area contributed by atoms with Gasteiger partial charge in [-0.15, -0.1) is 0 Å². The summed E-state index contributed by atoms with van der Waals surface area (Å²) in [5.41, 5.74) is 3.32. The minimum Gasteiger partial charge on any atom is -0.497 e. The third-order valence-electron chi connectivity index (χ3n) is 6.40. The normalized spacial score (nSPS) is 11.2. The predicted octanol–water partition coefficient (Wildman–Crippen LogP) is 7.84. The van der Waals surface area contributed by atoms with Crippen LogP contribution in [-0.2, 0) is 20.0 Å². The summed E-state index contributed by atoms with van der Waals surface area (Å²) >= 11 is 7.28. The van der Waals surface area contributed by atoms with Gasteiger partial charge >= 0.3 is 0 Å². The zero-order chi connectivity index (χ0) is 29.5. The number of hydrogen-bond donors (Lipinski definition) is 1. The smallest absolute Gasteiger partial charge is 0.206 e. The summed E-state index contributed by atoms with van der Waals surface area (Å²) in [4.78, 5) is 9.46. The lowest BCUT2D eigenvalue weighted by Gasteiger charge is -2.27. The number of aryl methyl sites for hydroxylation is 1. The molecule has 0 fully saturated rings. The highest BCUT2D eigenvalue weighted by Gasteiger charge is 2.25. The van der Waals surface area contributed by atoms with Gasteiger partial charge in [-0.05, 0) is 106 Å². The van der Waals surface area contributed by atoms with E-state index in [-0.39, 0.29) is 15.2 Å². The van der Waals surface area contributed by atoms with E-state index in [1.165, 1.54) is 30.4 Å². The van der Waals surface area contributed by atoms with E-state index in [4.69, 9.17) is 14.3 Å². The number of ether oxygens (including phenoxy) is 2. The molecule has 0 saturated carbocycles. The minimum atomic E-state index is -3.64. The van der Waals surface area contributed by atoms with Gasteiger partial charge in [0.25, 0.3) is 0 Å². The lowest BCUT2D eigenvalue weighted by molar-refractivity contribution is -0.109. The first kappa shape index (κ1) is 31.4. The number of rotatable bonds is 8. The van der Waals surface area contributed by atoms with Crippen LogP contribution in [0, 0.1) is 6.92 Å². The van der Waals surface area contributed by atoms with E-state index in [1.54, 1.807) is 43.4 Å². The van der Waals surface area contributed by atoms with Crippen molar-refractivity contribution in [3.05, 3.63) is 111 Å². The molecule has 9 heteroatoms. The van der Waals surface area contributed by atoms with Crippen molar-refractivity contribution in [2.24, 2.45) is 0 Å². The molecule has 0 aromatic heterocycles. The molecule has 4 aromatic carbocycles. The van der Waals surface area contributed by atoms with Crippen LogP contribution in [0.4, 0.5) is 0 Å². The molecule has 0 spiro atoms. The zero-order valence-corrected chi connectivity index (χ0v) is 26.9. The largest absolute Gasteiger partial charge is 0.497 e. The van der Waals surface area contributed by atoms with Crippen molar-refractivity contribution < 1.29 is 22.7 Å². The number of benzene rings is 4. The number of halogens is 2. The fourth-order valence-electron chi connectivity index (χ4n) is 3.83. The highest BCUT2D eigenvalue weighted by Crippen LogP contribution is 2.38. The summed E-state index contributed by atoms with van der Waals surface area (Å²) in [6.07, 6.45) is 0.625. The molecule has 0 saturated heterocycles. The van der Waals surface area contributed by atoms with E-state index in [0.29, 0.717) is 23.7 Å². The molecular formula is C31H31Br2NO5S. The standard InChI is InChI=1S/C29H26Br2O4S.C2H5NO/c1-19-5-6-20(17-26(19)30)29(2,3)21-7-16-28(27(31)18-21)35-23-10-14-25(15-11-23)36(32,33)24-12-8-22(34-4)9-13-24;1-3-2-4/h5-18H,1-4H3;2H,1H3,(H,3,4). The molecule has 0 aliphatic heterocycles. The summed E-state index contributed by atoms with van der Waals surface area (Å²) in [5.74, 6) is 1.79. The van der Waals surface area contributed by atoms with Gasteiger partial charge in [-0.1, -0.05) is 48.0 Å². The van der Waals surface area contributed by atoms with Gasteiger partial charge in [0.15, 0.2) is 0 Å². The SMILES string of the molecule is CNC=O.COc1ccc(S(=O)(=O)c2ccc(Oc3ccc(C(C)(C)c4ccc(C)c(Br)c4)cc3Br)cc2)cc1. The summed E-state index contributed by atoms with van der Waals surface area (Å²) in [5, 5.41) is 2.25. The van der Waals surface area contributed by atoms with Gasteiger partial charge in [0.05, 0.1) is 21.4 Å². The van der Waals surface area contributed by atoms with Crippen LogP contribution in [0.2, 0.25) is 0 Å². The minimum absolute atomic E-state index is 0.195. The first-order chi connectivity index (χ1) is 18.9. The fraction of sp³-hybridized carbons (Fsp3) is 0.194. The fourth-order valence-corrected chi connectivity index (χ4v) is 5.92. The van der Waals surface area contributed by atoms with Crippen LogP contribution >= 0.6 is 31.9 Å². The average Bonchev–Trinajstić information content (AvgIpc) is 2.96. The van der Waals surface area contributed by atoms with Crippen molar-refractivity contribution >= 4 is 48.1 Å². The van der Waals surface area contributed by atoms with Crippen LogP contribution in [0.3, 0.4) is 0 Å². The van der Waals surface area contributed by atoms with E-state index >= 15 is 0 Å². The lowest BCUT2D eigenvalue weighted by atomic mass is 9.78. The Labute approximate surface area is 252 Å². The van der Waals surface area contributed by atoms with Crippen molar-refractivity contribution in [2.75, 3.05) is 14.2 Å². The predicted molar refractivity (Wildman–Crippen MR) is 165 cm³/mol. The Morgan fingerprint density at radius 3 is 1.70 bits per heavy atom. The number of methoxy groups -OCH3 is 1. The number of hydrogen-bond acceptors (Lipinski definition) is 5. The van der Waals surface area contributed by atoms with Crippen molar-refractivity contribution in [1.29, 1.82) is 0 Å². The van der Waals surface area contributed by atoms with Gasteiger partial charge in [-0.25, -0.2) is 8.42 Å². The highest BCUT2D eigenvalue weighted by molar-refractivity contribution is 9.10. The molecule has 0 heterocycles. The van der Waals surface area contributed by atoms with E-state index in [0.717, 1.165) is 14.5 Å². The van der Waals surface area contributed by atoms with Gasteiger partial charge in [0, 0.05) is 16.9 Å². The molecule has 1 N–H and O–H groups in total. The number of sulfone groups is 1. The Balaban J connectivity index is 0.00000103. The quantitative estimate of drug-likeness (QED) is 0.191. The second-order valence-corrected chi connectivity index (χ2v) is 13.1. The van der Waals surface area contributed by atoms with Gasteiger partial charge in [-0.3, -0.25) is 4.79 Å². The third kappa shape index (κ3) is 7.33. The zero-order valence-electron chi connectivity index (χ0n) is 22.9. The molecule has 0 radical (unpaired) electrons. The summed E-state index contributed by atoms with van der Waals surface area (Å²) in [7, 11) is -0.537. The first-order valence-corrected chi connectivity index (χ1v) is 15.4. The van der Waals surface area contributed by atoms with Crippen molar-refractivity contribution in [2.45, 2.75) is 36.0 Å². The molecule has 0 bridgehead atoms. The van der Waals surface area contributed by atoms with Gasteiger partial charge in [0.1, 0.15) is 17.2 Å². The Hall–Kier alpha value is -3.14. The van der Waals surface area contributed by atoms with E-state index in [2.05, 4.69) is 88.3 Å². The highest BCUT2D eigenvalue weighted by atomic mass is 79.9. The van der Waals surface area contributed by atoms with Gasteiger partial charge < -0.3 is 14.8 Å². The maximum atomic E-state index is 13.0. The topological polar surface area (TPSA) is 81.7 Å². The molecule has 6 nitrogen and oxygen atoms in total. The Bertz CT molecular complexity index is 1570. The van der Waals surface area contributed by atoms with Crippen LogP contribution in [0.5, 0.6) is 17.2 Å². The van der Waals surface area contributed by atoms with Crippen LogP contribution in [0.25, 0.3) is 0 Å². The number of carbonyl (C=O) groups excluding carboxylic acids is 1. The second kappa shape index (κ2) is 13.5. The van der Waals surface area contributed by atoms with Gasteiger partial charge in [0.2, 0.25) is 16.2 Å². The summed E-state index contributed by atoms with van der Waals surface area (Å²) in [6.45, 7) is 6.45. The van der Waals surface area contributed by atoms with Crippen LogP contribution < -0.4 is 14.8 Å². The maximum Gasteiger partial charge on any atom is 0.206 e. The van der Waals surface area contributed by atoms with Crippen molar-refractivity contribution in [3.63, 3.8) is 0 Å². The summed E-state index contributed by atoms with van der Waals surface area (Å²) in [6, 6.07) is 25.2. The van der Waals surface area contributed by atoms with Crippen molar-refractivity contribution in [1.82, 2.24) is 5.32 Å². The molecule has 4 aromatic rings. The number of carbonyl (C=O) groups is 1. The van der Waals surface area contributed by atoms with E-state index < -0.39 is 9.84 Å². The molecule has 0 unspecified atom stereocenters. The number of nitrogens with one attached hydrogen (secondary N) is 1. The molecule has 0 aliphatic carbocycles. The maximum absolute atomic E-state index is 13.0. The second-order valence-electron chi connectivity index (χ2n) is 9.39. The Kier molecular flexibility index (Phi) is 10.6. The molecule has 4 rings (SSSR count). The Morgan fingerprint density at radius 2 is 1.25 bits per heavy atom. The number of amides is 1. The Morgan fingerprint density at radius 1 is 0.775 bits per heavy atom. The molecule has 40 heavy (non-hydrogen) atoms. The van der Waals surface area contributed by atoms with Crippen LogP contribution in [-0.4, -0.2) is 29.0 Å². The third-order valence-corrected chi connectivity index (χ3v) is 9.66. The van der Waals surface area contributed by atoms with E-state index in [1.807, 2.05) is 6.07 Å². The molecular weight excluding hydrogens is 658 g/mol. The molecule has 0 atom stereocenters. The molecule has 210 valence electrons. The monoisotopic (exact) mass is 687 g/mol. The van der Waals surface area contributed by atoms with Gasteiger partial charge in [-0.2, -0.15) is 0 Å². The van der Waals surface area contributed by atoms with E-state index in [9.17, 15) is 8.42 Å². The first-order valence-electron chi connectivity index (χ1n) is 12.3. The average molecular weight is 689 g/mol. The molecule has 0 aliphatic rings. The summed E-state index contributed by atoms with van der Waals surface area (Å²) < 4.78 is 39.0. The van der Waals surface area contributed by atoms with Crippen molar-refractivity contribution in [3.8, 4) is 17.2 Å². The lowest BCUT2D eigenvalue weighted by Crippen LogP contribution is -2.19.